The van der Waals surface area contributed by atoms with E-state index in [1.54, 1.807) is 12.1 Å². The molecule has 1 aliphatic rings. The number of fused-ring (bicyclic) bond motifs is 1. The zero-order chi connectivity index (χ0) is 21.9. The lowest BCUT2D eigenvalue weighted by Gasteiger charge is -2.41. The molecule has 1 unspecified atom stereocenters. The molecule has 3 N–H and O–H groups in total. The van der Waals surface area contributed by atoms with Gasteiger partial charge in [-0.05, 0) is 67.4 Å². The number of nitrogens with one attached hydrogen (secondary N) is 2. The van der Waals surface area contributed by atoms with Gasteiger partial charge in [-0.2, -0.15) is 0 Å². The number of rotatable bonds is 6. The molecule has 0 aromatic heterocycles. The fourth-order valence-electron chi connectivity index (χ4n) is 3.85. The highest BCUT2D eigenvalue weighted by molar-refractivity contribution is 5.94. The van der Waals surface area contributed by atoms with Crippen LogP contribution in [0.25, 0.3) is 0 Å². The van der Waals surface area contributed by atoms with Gasteiger partial charge in [-0.1, -0.05) is 26.0 Å². The number of carbonyl (C=O) groups is 2. The molecule has 7 heteroatoms. The zero-order valence-corrected chi connectivity index (χ0v) is 17.9. The first kappa shape index (κ1) is 21.6. The summed E-state index contributed by atoms with van der Waals surface area (Å²) in [6.45, 7) is 5.69. The molecule has 2 aromatic rings. The lowest BCUT2D eigenvalue weighted by molar-refractivity contribution is 0.0950. The summed E-state index contributed by atoms with van der Waals surface area (Å²) in [7, 11) is 3.94. The van der Waals surface area contributed by atoms with Crippen LogP contribution in [0.1, 0.15) is 41.4 Å². The van der Waals surface area contributed by atoms with Gasteiger partial charge in [0.05, 0.1) is 6.04 Å². The Bertz CT molecular complexity index is 940. The second-order valence-corrected chi connectivity index (χ2v) is 8.61. The van der Waals surface area contributed by atoms with Gasteiger partial charge in [-0.15, -0.1) is 0 Å². The van der Waals surface area contributed by atoms with E-state index in [1.807, 2.05) is 49.3 Å². The molecule has 160 valence electrons. The van der Waals surface area contributed by atoms with Crippen LogP contribution in [-0.4, -0.2) is 49.3 Å². The van der Waals surface area contributed by atoms with Crippen LogP contribution in [0.5, 0.6) is 5.75 Å². The number of hydrogen-bond donors (Lipinski definition) is 3. The van der Waals surface area contributed by atoms with E-state index >= 15 is 0 Å². The summed E-state index contributed by atoms with van der Waals surface area (Å²) in [5.41, 5.74) is 3.47. The third-order valence-corrected chi connectivity index (χ3v) is 5.34. The number of amides is 1. The van der Waals surface area contributed by atoms with Crippen LogP contribution < -0.4 is 15.4 Å². The Kier molecular flexibility index (Phi) is 6.31. The molecular weight excluding hydrogens is 382 g/mol. The normalized spacial score (nSPS) is 17.0. The molecular formula is C23H29N3O4. The fourth-order valence-corrected chi connectivity index (χ4v) is 3.85. The summed E-state index contributed by atoms with van der Waals surface area (Å²) in [4.78, 5) is 25.4. The smallest absolute Gasteiger partial charge is 0.449 e. The molecule has 7 nitrogen and oxygen atoms in total. The molecule has 30 heavy (non-hydrogen) atoms. The van der Waals surface area contributed by atoms with Crippen molar-refractivity contribution in [2.75, 3.05) is 32.5 Å². The van der Waals surface area contributed by atoms with Gasteiger partial charge in [0, 0.05) is 24.3 Å². The number of benzene rings is 2. The minimum absolute atomic E-state index is 0.00534. The van der Waals surface area contributed by atoms with Gasteiger partial charge >= 0.3 is 6.16 Å². The SMILES string of the molecule is CN(C)CCNC(=O)c1cccc(C2Nc3ccc(OC(=O)O)cc3CC2(C)C)c1. The van der Waals surface area contributed by atoms with Gasteiger partial charge in [0.2, 0.25) is 0 Å². The predicted molar refractivity (Wildman–Crippen MR) is 116 cm³/mol. The largest absolute Gasteiger partial charge is 0.511 e. The number of hydrogen-bond acceptors (Lipinski definition) is 5. The Hall–Kier alpha value is -3.06. The van der Waals surface area contributed by atoms with E-state index in [4.69, 9.17) is 9.84 Å². The average molecular weight is 412 g/mol. The second kappa shape index (κ2) is 8.75. The molecule has 3 rings (SSSR count). The predicted octanol–water partition coefficient (Wildman–Crippen LogP) is 3.77. The maximum atomic E-state index is 12.5. The highest BCUT2D eigenvalue weighted by Gasteiger charge is 2.36. The number of likely N-dealkylation sites (N-methyl/N-ethyl adjacent to an activating group) is 1. The quantitative estimate of drug-likeness (QED) is 0.495. The maximum absolute atomic E-state index is 12.5. The summed E-state index contributed by atoms with van der Waals surface area (Å²) in [6, 6.07) is 13.0. The van der Waals surface area contributed by atoms with Gasteiger partial charge in [0.1, 0.15) is 5.75 Å². The van der Waals surface area contributed by atoms with Crippen molar-refractivity contribution in [1.82, 2.24) is 10.2 Å². The van der Waals surface area contributed by atoms with Crippen LogP contribution in [0.4, 0.5) is 10.5 Å². The molecule has 2 aromatic carbocycles. The Morgan fingerprint density at radius 3 is 2.70 bits per heavy atom. The van der Waals surface area contributed by atoms with Crippen molar-refractivity contribution in [3.63, 3.8) is 0 Å². The lowest BCUT2D eigenvalue weighted by Crippen LogP contribution is -2.35. The Morgan fingerprint density at radius 2 is 2.00 bits per heavy atom. The molecule has 1 heterocycles. The van der Waals surface area contributed by atoms with E-state index < -0.39 is 6.16 Å². The lowest BCUT2D eigenvalue weighted by atomic mass is 9.72. The van der Waals surface area contributed by atoms with Crippen LogP contribution >= 0.6 is 0 Å². The van der Waals surface area contributed by atoms with Crippen LogP contribution in [0.15, 0.2) is 42.5 Å². The number of carboxylic acid groups (broad SMARTS) is 1. The van der Waals surface area contributed by atoms with Crippen LogP contribution in [0.3, 0.4) is 0 Å². The number of ether oxygens (including phenoxy) is 1. The van der Waals surface area contributed by atoms with Gasteiger partial charge in [-0.25, -0.2) is 4.79 Å². The maximum Gasteiger partial charge on any atom is 0.511 e. The molecule has 0 fully saturated rings. The number of carbonyl (C=O) groups excluding carboxylic acids is 1. The highest BCUT2D eigenvalue weighted by Crippen LogP contribution is 2.45. The van der Waals surface area contributed by atoms with Crippen LogP contribution in [0.2, 0.25) is 0 Å². The average Bonchev–Trinajstić information content (AvgIpc) is 2.66. The molecule has 0 radical (unpaired) electrons. The third-order valence-electron chi connectivity index (χ3n) is 5.34. The van der Waals surface area contributed by atoms with Crippen molar-refractivity contribution in [1.29, 1.82) is 0 Å². The molecule has 0 bridgehead atoms. The molecule has 0 spiro atoms. The standard InChI is InChI=1S/C23H29N3O4/c1-23(2)14-17-13-18(30-22(28)29)8-9-19(17)25-20(23)15-6-5-7-16(12-15)21(27)24-10-11-26(3)4/h5-9,12-13,20,25H,10-11,14H2,1-4H3,(H,24,27)(H,28,29). The van der Waals surface area contributed by atoms with Crippen molar-refractivity contribution < 1.29 is 19.4 Å². The number of anilines is 1. The van der Waals surface area contributed by atoms with Crippen molar-refractivity contribution >= 4 is 17.7 Å². The number of nitrogens with zero attached hydrogens (tertiary/aromatic N) is 1. The second-order valence-electron chi connectivity index (χ2n) is 8.61. The molecule has 1 atom stereocenters. The Morgan fingerprint density at radius 1 is 1.23 bits per heavy atom. The topological polar surface area (TPSA) is 90.9 Å². The van der Waals surface area contributed by atoms with Crippen molar-refractivity contribution in [2.24, 2.45) is 5.41 Å². The molecule has 1 aliphatic heterocycles. The van der Waals surface area contributed by atoms with Gasteiger partial charge in [-0.3, -0.25) is 4.79 Å². The molecule has 1 amide bonds. The Balaban J connectivity index is 1.81. The van der Waals surface area contributed by atoms with Gasteiger partial charge in [0.25, 0.3) is 5.91 Å². The van der Waals surface area contributed by atoms with Crippen LogP contribution in [-0.2, 0) is 6.42 Å². The fraction of sp³-hybridized carbons (Fsp3) is 0.391. The van der Waals surface area contributed by atoms with Gasteiger partial charge in [0.15, 0.2) is 0 Å². The van der Waals surface area contributed by atoms with Crippen LogP contribution in [0, 0.1) is 5.41 Å². The first-order valence-corrected chi connectivity index (χ1v) is 9.99. The van der Waals surface area contributed by atoms with Crippen molar-refractivity contribution in [2.45, 2.75) is 26.3 Å². The first-order valence-electron chi connectivity index (χ1n) is 9.99. The van der Waals surface area contributed by atoms with E-state index in [1.165, 1.54) is 0 Å². The summed E-state index contributed by atoms with van der Waals surface area (Å²) in [5.74, 6) is 0.233. The monoisotopic (exact) mass is 411 g/mol. The van der Waals surface area contributed by atoms with Gasteiger partial charge < -0.3 is 25.4 Å². The summed E-state index contributed by atoms with van der Waals surface area (Å²) in [6.07, 6.45) is -0.577. The highest BCUT2D eigenvalue weighted by atomic mass is 16.7. The van der Waals surface area contributed by atoms with E-state index in [-0.39, 0.29) is 17.4 Å². The van der Waals surface area contributed by atoms with E-state index in [0.29, 0.717) is 17.9 Å². The summed E-state index contributed by atoms with van der Waals surface area (Å²) < 4.78 is 4.79. The van der Waals surface area contributed by atoms with Crippen molar-refractivity contribution in [3.05, 3.63) is 59.2 Å². The minimum Gasteiger partial charge on any atom is -0.449 e. The third kappa shape index (κ3) is 5.10. The summed E-state index contributed by atoms with van der Waals surface area (Å²) in [5, 5.41) is 15.4. The van der Waals surface area contributed by atoms with E-state index in [0.717, 1.165) is 29.8 Å². The van der Waals surface area contributed by atoms with Crippen molar-refractivity contribution in [3.8, 4) is 5.75 Å². The molecule has 0 saturated heterocycles. The zero-order valence-electron chi connectivity index (χ0n) is 17.9. The molecule has 0 aliphatic carbocycles. The Labute approximate surface area is 177 Å². The molecule has 0 saturated carbocycles. The van der Waals surface area contributed by atoms with E-state index in [2.05, 4.69) is 24.5 Å². The summed E-state index contributed by atoms with van der Waals surface area (Å²) >= 11 is 0. The minimum atomic E-state index is -1.32. The van der Waals surface area contributed by atoms with E-state index in [9.17, 15) is 9.59 Å². The first-order chi connectivity index (χ1) is 14.2.